The number of carboxylic acid groups (broad SMARTS) is 1. The molecular formula is C14H10Cl2O3. The Morgan fingerprint density at radius 3 is 2.47 bits per heavy atom. The lowest BCUT2D eigenvalue weighted by Crippen LogP contribution is -2.01. The summed E-state index contributed by atoms with van der Waals surface area (Å²) < 4.78 is 5.20. The number of carboxylic acids is 1. The van der Waals surface area contributed by atoms with Crippen LogP contribution >= 0.6 is 23.2 Å². The molecule has 0 saturated carbocycles. The van der Waals surface area contributed by atoms with Crippen LogP contribution in [0.2, 0.25) is 10.0 Å². The third kappa shape index (κ3) is 2.67. The number of para-hydroxylation sites is 1. The minimum Gasteiger partial charge on any atom is -0.495 e. The molecule has 0 amide bonds. The number of ether oxygens (including phenoxy) is 1. The van der Waals surface area contributed by atoms with Crippen LogP contribution in [0.3, 0.4) is 0 Å². The second-order valence-corrected chi connectivity index (χ2v) is 4.66. The molecule has 0 aliphatic heterocycles. The third-order valence-electron chi connectivity index (χ3n) is 2.67. The first-order valence-corrected chi connectivity index (χ1v) is 6.16. The van der Waals surface area contributed by atoms with Crippen LogP contribution in [0.4, 0.5) is 0 Å². The molecular weight excluding hydrogens is 287 g/mol. The van der Waals surface area contributed by atoms with Gasteiger partial charge in [-0.2, -0.15) is 0 Å². The van der Waals surface area contributed by atoms with Gasteiger partial charge in [0.25, 0.3) is 0 Å². The summed E-state index contributed by atoms with van der Waals surface area (Å²) in [6, 6.07) is 9.90. The molecule has 3 nitrogen and oxygen atoms in total. The van der Waals surface area contributed by atoms with E-state index in [4.69, 9.17) is 33.0 Å². The predicted octanol–water partition coefficient (Wildman–Crippen LogP) is 4.37. The van der Waals surface area contributed by atoms with Gasteiger partial charge in [0.05, 0.1) is 12.1 Å². The number of benzene rings is 2. The van der Waals surface area contributed by atoms with Crippen LogP contribution in [0.1, 0.15) is 10.4 Å². The zero-order valence-corrected chi connectivity index (χ0v) is 11.5. The van der Waals surface area contributed by atoms with Crippen molar-refractivity contribution in [3.63, 3.8) is 0 Å². The Balaban J connectivity index is 2.68. The molecule has 0 heterocycles. The van der Waals surface area contributed by atoms with Crippen molar-refractivity contribution in [3.05, 3.63) is 52.0 Å². The largest absolute Gasteiger partial charge is 0.495 e. The molecule has 5 heteroatoms. The molecule has 0 aromatic heterocycles. The number of rotatable bonds is 3. The van der Waals surface area contributed by atoms with Crippen LogP contribution < -0.4 is 4.74 Å². The number of halogens is 2. The zero-order valence-electron chi connectivity index (χ0n) is 9.98. The predicted molar refractivity (Wildman–Crippen MR) is 75.4 cm³/mol. The van der Waals surface area contributed by atoms with Crippen molar-refractivity contribution in [1.82, 2.24) is 0 Å². The Morgan fingerprint density at radius 2 is 1.89 bits per heavy atom. The highest BCUT2D eigenvalue weighted by molar-refractivity contribution is 6.36. The van der Waals surface area contributed by atoms with Crippen molar-refractivity contribution < 1.29 is 14.6 Å². The number of carbonyl (C=O) groups is 1. The van der Waals surface area contributed by atoms with Gasteiger partial charge in [0.15, 0.2) is 0 Å². The molecule has 0 unspecified atom stereocenters. The van der Waals surface area contributed by atoms with Gasteiger partial charge in [-0.1, -0.05) is 41.4 Å². The highest BCUT2D eigenvalue weighted by atomic mass is 35.5. The first-order valence-electron chi connectivity index (χ1n) is 5.40. The quantitative estimate of drug-likeness (QED) is 0.915. The monoisotopic (exact) mass is 296 g/mol. The molecule has 0 bridgehead atoms. The number of aromatic carboxylic acids is 1. The van der Waals surface area contributed by atoms with Gasteiger partial charge >= 0.3 is 5.97 Å². The molecule has 2 aromatic rings. The SMILES string of the molecule is COc1c(C(=O)O)cccc1-c1ccc(Cl)cc1Cl. The molecule has 2 rings (SSSR count). The summed E-state index contributed by atoms with van der Waals surface area (Å²) in [5.74, 6) is -0.775. The molecule has 0 aliphatic rings. The fourth-order valence-electron chi connectivity index (χ4n) is 1.85. The van der Waals surface area contributed by atoms with E-state index in [0.29, 0.717) is 21.2 Å². The maximum atomic E-state index is 11.2. The van der Waals surface area contributed by atoms with Crippen molar-refractivity contribution >= 4 is 29.2 Å². The highest BCUT2D eigenvalue weighted by Gasteiger charge is 2.17. The van der Waals surface area contributed by atoms with Crippen molar-refractivity contribution in [2.45, 2.75) is 0 Å². The summed E-state index contributed by atoms with van der Waals surface area (Å²) >= 11 is 12.0. The fourth-order valence-corrected chi connectivity index (χ4v) is 2.36. The van der Waals surface area contributed by atoms with Gasteiger partial charge in [-0.25, -0.2) is 4.79 Å². The maximum absolute atomic E-state index is 11.2. The average molecular weight is 297 g/mol. The second kappa shape index (κ2) is 5.51. The third-order valence-corrected chi connectivity index (χ3v) is 3.22. The smallest absolute Gasteiger partial charge is 0.339 e. The first-order chi connectivity index (χ1) is 9.04. The van der Waals surface area contributed by atoms with Gasteiger partial charge in [0, 0.05) is 16.1 Å². The molecule has 0 aliphatic carbocycles. The van der Waals surface area contributed by atoms with Crippen LogP contribution in [0.25, 0.3) is 11.1 Å². The Kier molecular flexibility index (Phi) is 3.98. The lowest BCUT2D eigenvalue weighted by atomic mass is 10.0. The molecule has 98 valence electrons. The Morgan fingerprint density at radius 1 is 1.16 bits per heavy atom. The summed E-state index contributed by atoms with van der Waals surface area (Å²) in [6.07, 6.45) is 0. The van der Waals surface area contributed by atoms with Crippen LogP contribution in [-0.4, -0.2) is 18.2 Å². The van der Waals surface area contributed by atoms with Crippen LogP contribution in [0.15, 0.2) is 36.4 Å². The normalized spacial score (nSPS) is 10.3. The molecule has 0 atom stereocenters. The van der Waals surface area contributed by atoms with Gasteiger partial charge in [0.1, 0.15) is 11.3 Å². The van der Waals surface area contributed by atoms with E-state index < -0.39 is 5.97 Å². The standard InChI is InChI=1S/C14H10Cl2O3/c1-19-13-10(3-2-4-11(13)14(17)18)9-6-5-8(15)7-12(9)16/h2-7H,1H3,(H,17,18). The summed E-state index contributed by atoms with van der Waals surface area (Å²) in [5, 5.41) is 10.1. The van der Waals surface area contributed by atoms with E-state index in [2.05, 4.69) is 0 Å². The summed E-state index contributed by atoms with van der Waals surface area (Å²) in [7, 11) is 1.43. The van der Waals surface area contributed by atoms with E-state index in [-0.39, 0.29) is 11.3 Å². The number of hydrogen-bond acceptors (Lipinski definition) is 2. The first kappa shape index (κ1) is 13.7. The van der Waals surface area contributed by atoms with E-state index in [1.165, 1.54) is 13.2 Å². The van der Waals surface area contributed by atoms with Crippen molar-refractivity contribution in [3.8, 4) is 16.9 Å². The van der Waals surface area contributed by atoms with Gasteiger partial charge < -0.3 is 9.84 Å². The van der Waals surface area contributed by atoms with E-state index in [0.717, 1.165) is 0 Å². The number of methoxy groups -OCH3 is 1. The van der Waals surface area contributed by atoms with Crippen LogP contribution in [0.5, 0.6) is 5.75 Å². The minimum atomic E-state index is -1.05. The molecule has 0 spiro atoms. The molecule has 0 saturated heterocycles. The Labute approximate surface area is 120 Å². The summed E-state index contributed by atoms with van der Waals surface area (Å²) in [4.78, 5) is 11.2. The van der Waals surface area contributed by atoms with E-state index >= 15 is 0 Å². The van der Waals surface area contributed by atoms with Gasteiger partial charge in [0.2, 0.25) is 0 Å². The van der Waals surface area contributed by atoms with Crippen molar-refractivity contribution in [2.75, 3.05) is 7.11 Å². The molecule has 2 aromatic carbocycles. The highest BCUT2D eigenvalue weighted by Crippen LogP contribution is 2.38. The number of hydrogen-bond donors (Lipinski definition) is 1. The Hall–Kier alpha value is -1.71. The lowest BCUT2D eigenvalue weighted by Gasteiger charge is -2.12. The molecule has 0 radical (unpaired) electrons. The van der Waals surface area contributed by atoms with Gasteiger partial charge in [-0.15, -0.1) is 0 Å². The fraction of sp³-hybridized carbons (Fsp3) is 0.0714. The van der Waals surface area contributed by atoms with E-state index in [9.17, 15) is 4.79 Å². The zero-order chi connectivity index (χ0) is 14.0. The van der Waals surface area contributed by atoms with E-state index in [1.54, 1.807) is 30.3 Å². The van der Waals surface area contributed by atoms with Gasteiger partial charge in [-0.05, 0) is 18.2 Å². The van der Waals surface area contributed by atoms with Gasteiger partial charge in [-0.3, -0.25) is 0 Å². The summed E-state index contributed by atoms with van der Waals surface area (Å²) in [5.41, 5.74) is 1.38. The average Bonchev–Trinajstić information content (AvgIpc) is 2.37. The minimum absolute atomic E-state index is 0.0889. The maximum Gasteiger partial charge on any atom is 0.339 e. The Bertz CT molecular complexity index is 639. The van der Waals surface area contributed by atoms with Crippen molar-refractivity contribution in [1.29, 1.82) is 0 Å². The second-order valence-electron chi connectivity index (χ2n) is 3.82. The molecule has 19 heavy (non-hydrogen) atoms. The van der Waals surface area contributed by atoms with Crippen LogP contribution in [-0.2, 0) is 0 Å². The lowest BCUT2D eigenvalue weighted by molar-refractivity contribution is 0.0693. The molecule has 0 fully saturated rings. The summed E-state index contributed by atoms with van der Waals surface area (Å²) in [6.45, 7) is 0. The molecule has 1 N–H and O–H groups in total. The van der Waals surface area contributed by atoms with E-state index in [1.807, 2.05) is 0 Å². The van der Waals surface area contributed by atoms with Crippen LogP contribution in [0, 0.1) is 0 Å². The topological polar surface area (TPSA) is 46.5 Å². The van der Waals surface area contributed by atoms with Crippen molar-refractivity contribution in [2.24, 2.45) is 0 Å².